The molecule has 3 rings (SSSR count). The van der Waals surface area contributed by atoms with Crippen LogP contribution in [0.5, 0.6) is 5.75 Å². The van der Waals surface area contributed by atoms with Crippen molar-refractivity contribution < 1.29 is 21.8 Å². The molecule has 0 bridgehead atoms. The highest BCUT2D eigenvalue weighted by atomic mass is 35.5. The molecule has 0 aliphatic rings. The quantitative estimate of drug-likeness (QED) is 0.327. The molecule has 1 amide bonds. The maximum absolute atomic E-state index is 13.0. The number of carbonyl (C=O) groups excluding carboxylic acids is 1. The highest BCUT2D eigenvalue weighted by Gasteiger charge is 2.18. The number of nitriles is 1. The number of anilines is 1. The van der Waals surface area contributed by atoms with Crippen LogP contribution in [0.15, 0.2) is 83.3 Å². The van der Waals surface area contributed by atoms with Crippen LogP contribution in [0, 0.1) is 17.1 Å². The normalized spacial score (nSPS) is 11.5. The van der Waals surface area contributed by atoms with Gasteiger partial charge in [-0.05, 0) is 60.2 Å². The van der Waals surface area contributed by atoms with Gasteiger partial charge in [0.15, 0.2) is 5.75 Å². The lowest BCUT2D eigenvalue weighted by molar-refractivity contribution is -0.112. The fourth-order valence-electron chi connectivity index (χ4n) is 2.47. The first-order valence-electron chi connectivity index (χ1n) is 8.76. The molecule has 3 aromatic rings. The molecular formula is C22H14ClFN2O4S. The molecule has 0 atom stereocenters. The SMILES string of the molecule is N#C/C(=C\c1ccc(OS(=O)(=O)c2ccccc2)c(Cl)c1)C(=O)Nc1ccc(F)cc1. The Morgan fingerprint density at radius 1 is 1.06 bits per heavy atom. The van der Waals surface area contributed by atoms with Crippen molar-refractivity contribution in [3.63, 3.8) is 0 Å². The molecule has 0 heterocycles. The van der Waals surface area contributed by atoms with Crippen LogP contribution in [0.25, 0.3) is 6.08 Å². The molecule has 156 valence electrons. The minimum absolute atomic E-state index is 0.0236. The van der Waals surface area contributed by atoms with Gasteiger partial charge in [-0.3, -0.25) is 4.79 Å². The number of hydrogen-bond donors (Lipinski definition) is 1. The van der Waals surface area contributed by atoms with E-state index in [-0.39, 0.29) is 21.2 Å². The van der Waals surface area contributed by atoms with Gasteiger partial charge in [0, 0.05) is 5.69 Å². The second-order valence-corrected chi connectivity index (χ2v) is 8.12. The van der Waals surface area contributed by atoms with E-state index >= 15 is 0 Å². The van der Waals surface area contributed by atoms with Gasteiger partial charge in [-0.1, -0.05) is 35.9 Å². The summed E-state index contributed by atoms with van der Waals surface area (Å²) in [6, 6.07) is 18.6. The van der Waals surface area contributed by atoms with E-state index in [0.29, 0.717) is 11.3 Å². The summed E-state index contributed by atoms with van der Waals surface area (Å²) in [5, 5.41) is 11.8. The lowest BCUT2D eigenvalue weighted by Crippen LogP contribution is -2.13. The second-order valence-electron chi connectivity index (χ2n) is 6.17. The van der Waals surface area contributed by atoms with Crippen LogP contribution in [0.2, 0.25) is 5.02 Å². The van der Waals surface area contributed by atoms with Crippen LogP contribution < -0.4 is 9.50 Å². The summed E-state index contributed by atoms with van der Waals surface area (Å²) in [6.07, 6.45) is 1.28. The molecule has 0 aliphatic carbocycles. The van der Waals surface area contributed by atoms with E-state index in [9.17, 15) is 22.9 Å². The van der Waals surface area contributed by atoms with Gasteiger partial charge in [0.1, 0.15) is 22.4 Å². The minimum Gasteiger partial charge on any atom is -0.377 e. The van der Waals surface area contributed by atoms with Crippen LogP contribution in [-0.4, -0.2) is 14.3 Å². The Labute approximate surface area is 183 Å². The van der Waals surface area contributed by atoms with Gasteiger partial charge in [0.25, 0.3) is 5.91 Å². The Kier molecular flexibility index (Phi) is 6.70. The van der Waals surface area contributed by atoms with E-state index in [1.54, 1.807) is 24.3 Å². The van der Waals surface area contributed by atoms with Crippen molar-refractivity contribution in [1.82, 2.24) is 0 Å². The van der Waals surface area contributed by atoms with E-state index in [1.165, 1.54) is 60.7 Å². The maximum atomic E-state index is 13.0. The summed E-state index contributed by atoms with van der Waals surface area (Å²) >= 11 is 6.14. The van der Waals surface area contributed by atoms with Gasteiger partial charge in [-0.25, -0.2) is 4.39 Å². The van der Waals surface area contributed by atoms with Crippen LogP contribution >= 0.6 is 11.6 Å². The molecule has 0 saturated carbocycles. The first-order valence-corrected chi connectivity index (χ1v) is 10.5. The monoisotopic (exact) mass is 456 g/mol. The van der Waals surface area contributed by atoms with Crippen molar-refractivity contribution in [3.05, 3.63) is 94.8 Å². The Bertz CT molecular complexity index is 1290. The van der Waals surface area contributed by atoms with E-state index in [1.807, 2.05) is 0 Å². The number of rotatable bonds is 6. The van der Waals surface area contributed by atoms with Crippen LogP contribution in [0.3, 0.4) is 0 Å². The van der Waals surface area contributed by atoms with E-state index in [0.717, 1.165) is 0 Å². The number of nitrogens with zero attached hydrogens (tertiary/aromatic N) is 1. The smallest absolute Gasteiger partial charge is 0.339 e. The van der Waals surface area contributed by atoms with Crippen LogP contribution in [-0.2, 0) is 14.9 Å². The summed E-state index contributed by atoms with van der Waals surface area (Å²) in [5.41, 5.74) is 0.465. The number of halogens is 2. The molecule has 3 aromatic carbocycles. The van der Waals surface area contributed by atoms with Gasteiger partial charge in [0.2, 0.25) is 0 Å². The fraction of sp³-hybridized carbons (Fsp3) is 0. The zero-order chi connectivity index (χ0) is 22.4. The second kappa shape index (κ2) is 9.43. The number of hydrogen-bond acceptors (Lipinski definition) is 5. The largest absolute Gasteiger partial charge is 0.377 e. The van der Waals surface area contributed by atoms with Gasteiger partial charge in [0.05, 0.1) is 5.02 Å². The van der Waals surface area contributed by atoms with Crippen molar-refractivity contribution in [2.75, 3.05) is 5.32 Å². The molecular weight excluding hydrogens is 443 g/mol. The van der Waals surface area contributed by atoms with Crippen LogP contribution in [0.4, 0.5) is 10.1 Å². The number of carbonyl (C=O) groups is 1. The van der Waals surface area contributed by atoms with Gasteiger partial charge in [-0.2, -0.15) is 13.7 Å². The molecule has 1 N–H and O–H groups in total. The zero-order valence-electron chi connectivity index (χ0n) is 15.7. The molecule has 9 heteroatoms. The summed E-state index contributed by atoms with van der Waals surface area (Å²) in [4.78, 5) is 12.3. The first kappa shape index (κ1) is 22.0. The molecule has 0 unspecified atom stereocenters. The predicted molar refractivity (Wildman–Crippen MR) is 114 cm³/mol. The lowest BCUT2D eigenvalue weighted by atomic mass is 10.1. The summed E-state index contributed by atoms with van der Waals surface area (Å²) in [6.45, 7) is 0. The first-order chi connectivity index (χ1) is 14.8. The van der Waals surface area contributed by atoms with Crippen molar-refractivity contribution in [2.45, 2.75) is 4.90 Å². The molecule has 0 radical (unpaired) electrons. The highest BCUT2D eigenvalue weighted by Crippen LogP contribution is 2.29. The minimum atomic E-state index is -4.07. The maximum Gasteiger partial charge on any atom is 0.339 e. The third-order valence-electron chi connectivity index (χ3n) is 3.97. The Morgan fingerprint density at radius 3 is 2.35 bits per heavy atom. The molecule has 0 aromatic heterocycles. The fourth-order valence-corrected chi connectivity index (χ4v) is 3.72. The lowest BCUT2D eigenvalue weighted by Gasteiger charge is -2.09. The van der Waals surface area contributed by atoms with E-state index in [4.69, 9.17) is 15.8 Å². The number of benzene rings is 3. The highest BCUT2D eigenvalue weighted by molar-refractivity contribution is 7.87. The Morgan fingerprint density at radius 2 is 1.74 bits per heavy atom. The summed E-state index contributed by atoms with van der Waals surface area (Å²) in [7, 11) is -4.07. The zero-order valence-corrected chi connectivity index (χ0v) is 17.3. The van der Waals surface area contributed by atoms with Crippen molar-refractivity contribution in [3.8, 4) is 11.8 Å². The molecule has 0 aliphatic heterocycles. The van der Waals surface area contributed by atoms with Crippen LogP contribution in [0.1, 0.15) is 5.56 Å². The Hall–Kier alpha value is -3.67. The van der Waals surface area contributed by atoms with Gasteiger partial charge >= 0.3 is 10.1 Å². The average Bonchev–Trinajstić information content (AvgIpc) is 2.76. The van der Waals surface area contributed by atoms with Gasteiger partial charge in [-0.15, -0.1) is 0 Å². The molecule has 31 heavy (non-hydrogen) atoms. The average molecular weight is 457 g/mol. The third kappa shape index (κ3) is 5.69. The molecule has 0 spiro atoms. The number of nitrogens with one attached hydrogen (secondary N) is 1. The van der Waals surface area contributed by atoms with Crippen molar-refractivity contribution in [1.29, 1.82) is 5.26 Å². The molecule has 0 fully saturated rings. The van der Waals surface area contributed by atoms with E-state index in [2.05, 4.69) is 5.32 Å². The van der Waals surface area contributed by atoms with Crippen molar-refractivity contribution in [2.24, 2.45) is 0 Å². The summed E-state index contributed by atoms with van der Waals surface area (Å²) < 4.78 is 42.7. The number of amides is 1. The molecule has 6 nitrogen and oxygen atoms in total. The van der Waals surface area contributed by atoms with E-state index < -0.39 is 21.8 Å². The van der Waals surface area contributed by atoms with Gasteiger partial charge < -0.3 is 9.50 Å². The standard InChI is InChI=1S/C22H14ClFN2O4S/c23-20-13-15(6-11-21(20)30-31(28,29)19-4-2-1-3-5-19)12-16(14-25)22(27)26-18-9-7-17(24)8-10-18/h1-13H,(H,26,27)/b16-12+. The Balaban J connectivity index is 1.79. The van der Waals surface area contributed by atoms with Crippen molar-refractivity contribution >= 4 is 39.4 Å². The summed E-state index contributed by atoms with van der Waals surface area (Å²) in [5.74, 6) is -1.26. The predicted octanol–water partition coefficient (Wildman–Crippen LogP) is 4.79. The molecule has 0 saturated heterocycles. The third-order valence-corrected chi connectivity index (χ3v) is 5.51. The topological polar surface area (TPSA) is 96.3 Å².